The van der Waals surface area contributed by atoms with Gasteiger partial charge in [0.25, 0.3) is 0 Å². The first-order chi connectivity index (χ1) is 14.3. The van der Waals surface area contributed by atoms with Gasteiger partial charge in [-0.25, -0.2) is 9.97 Å². The third-order valence-electron chi connectivity index (χ3n) is 5.92. The number of nitrogens with zero attached hydrogens (tertiary/aromatic N) is 3. The Bertz CT molecular complexity index is 1130. The van der Waals surface area contributed by atoms with Gasteiger partial charge in [-0.3, -0.25) is 0 Å². The van der Waals surface area contributed by atoms with Crippen LogP contribution in [0.25, 0.3) is 21.7 Å². The molecule has 5 atom stereocenters. The number of fused-ring (bicyclic) bond motifs is 1. The van der Waals surface area contributed by atoms with Crippen LogP contribution in [0.5, 0.6) is 0 Å². The van der Waals surface area contributed by atoms with Gasteiger partial charge in [-0.2, -0.15) is 4.98 Å². The molecule has 1 unspecified atom stereocenters. The Morgan fingerprint density at radius 1 is 1.17 bits per heavy atom. The van der Waals surface area contributed by atoms with Crippen molar-refractivity contribution >= 4 is 34.7 Å². The van der Waals surface area contributed by atoms with Gasteiger partial charge in [0.05, 0.1) is 33.3 Å². The number of aliphatic hydroxyl groups excluding tert-OH is 2. The molecule has 0 spiro atoms. The lowest BCUT2D eigenvalue weighted by molar-refractivity contribution is -0.0262. The van der Waals surface area contributed by atoms with E-state index in [0.29, 0.717) is 17.8 Å². The molecule has 0 amide bonds. The van der Waals surface area contributed by atoms with Crippen LogP contribution in [0, 0.1) is 12.8 Å². The van der Waals surface area contributed by atoms with Crippen molar-refractivity contribution in [3.63, 3.8) is 0 Å². The Morgan fingerprint density at radius 2 is 1.90 bits per heavy atom. The van der Waals surface area contributed by atoms with Crippen molar-refractivity contribution in [1.29, 1.82) is 0 Å². The molecule has 30 heavy (non-hydrogen) atoms. The highest BCUT2D eigenvalue weighted by Gasteiger charge is 2.74. The number of aliphatic hydroxyl groups is 3. The topological polar surface area (TPSA) is 137 Å². The molecule has 1 aromatic carbocycles. The normalized spacial score (nSPS) is 29.6. The van der Waals surface area contributed by atoms with Crippen molar-refractivity contribution in [2.45, 2.75) is 37.2 Å². The molecular formula is C20H20ClN5O3S. The highest BCUT2D eigenvalue weighted by molar-refractivity contribution is 7.15. The standard InChI is InChI=1S/C20H20ClN5O3S/c1-8-23-13(9-5-3-2-4-6-9)14(30-8)12-17(21)25-19(22)26-18(12)24-11-7-10-15(27)20(10,29)16(11)28/h2-6,10-11,15-16,27-29H,7H2,1H3,(H3,22,24,25,26)/t10-,11-,15?,16+,20+/m1/s1. The molecule has 0 saturated heterocycles. The number of halogens is 1. The average Bonchev–Trinajstić information content (AvgIpc) is 2.98. The first-order valence-corrected chi connectivity index (χ1v) is 10.7. The maximum absolute atomic E-state index is 10.5. The van der Waals surface area contributed by atoms with E-state index in [0.717, 1.165) is 21.1 Å². The van der Waals surface area contributed by atoms with Crippen molar-refractivity contribution in [2.75, 3.05) is 11.1 Å². The second-order valence-corrected chi connectivity index (χ2v) is 9.30. The minimum atomic E-state index is -1.48. The maximum Gasteiger partial charge on any atom is 0.223 e. The number of nitrogens with two attached hydrogens (primary N) is 1. The molecule has 2 aliphatic carbocycles. The number of anilines is 2. The molecule has 0 bridgehead atoms. The average molecular weight is 446 g/mol. The molecule has 3 aromatic rings. The Hall–Kier alpha value is -2.30. The first-order valence-electron chi connectivity index (χ1n) is 9.52. The molecule has 6 N–H and O–H groups in total. The van der Waals surface area contributed by atoms with Crippen molar-refractivity contribution in [3.8, 4) is 21.7 Å². The lowest BCUT2D eigenvalue weighted by Crippen LogP contribution is -2.42. The number of nitrogen functional groups attached to an aromatic ring is 1. The molecule has 2 heterocycles. The fourth-order valence-electron chi connectivity index (χ4n) is 4.34. The van der Waals surface area contributed by atoms with Gasteiger partial charge in [0, 0.05) is 11.5 Å². The van der Waals surface area contributed by atoms with Crippen molar-refractivity contribution in [1.82, 2.24) is 15.0 Å². The second-order valence-electron chi connectivity index (χ2n) is 7.74. The summed E-state index contributed by atoms with van der Waals surface area (Å²) in [5.41, 5.74) is 6.58. The molecule has 10 heteroatoms. The summed E-state index contributed by atoms with van der Waals surface area (Å²) in [6, 6.07) is 9.20. The maximum atomic E-state index is 10.5. The number of rotatable bonds is 4. The molecule has 2 aromatic heterocycles. The number of aromatic nitrogens is 3. The smallest absolute Gasteiger partial charge is 0.223 e. The number of thiazole rings is 1. The van der Waals surface area contributed by atoms with Crippen LogP contribution in [0.2, 0.25) is 5.15 Å². The van der Waals surface area contributed by atoms with Crippen molar-refractivity contribution in [2.24, 2.45) is 5.92 Å². The monoisotopic (exact) mass is 445 g/mol. The molecule has 156 valence electrons. The minimum Gasteiger partial charge on any atom is -0.390 e. The Kier molecular flexibility index (Phi) is 4.49. The molecule has 2 fully saturated rings. The number of hydrogen-bond acceptors (Lipinski definition) is 9. The van der Waals surface area contributed by atoms with Crippen LogP contribution in [0.4, 0.5) is 11.8 Å². The molecule has 2 aliphatic rings. The fraction of sp³-hybridized carbons (Fsp3) is 0.350. The van der Waals surface area contributed by atoms with E-state index in [1.807, 2.05) is 37.3 Å². The Morgan fingerprint density at radius 3 is 2.57 bits per heavy atom. The quantitative estimate of drug-likeness (QED) is 0.385. The van der Waals surface area contributed by atoms with Gasteiger partial charge in [0.15, 0.2) is 0 Å². The van der Waals surface area contributed by atoms with Crippen LogP contribution >= 0.6 is 22.9 Å². The predicted molar refractivity (Wildman–Crippen MR) is 115 cm³/mol. The molecule has 2 saturated carbocycles. The van der Waals surface area contributed by atoms with E-state index in [1.54, 1.807) is 0 Å². The Labute approximate surface area is 181 Å². The van der Waals surface area contributed by atoms with Crippen molar-refractivity contribution in [3.05, 3.63) is 40.5 Å². The van der Waals surface area contributed by atoms with E-state index >= 15 is 0 Å². The van der Waals surface area contributed by atoms with Crippen LogP contribution in [-0.2, 0) is 0 Å². The van der Waals surface area contributed by atoms with E-state index < -0.39 is 23.9 Å². The lowest BCUT2D eigenvalue weighted by Gasteiger charge is -2.24. The lowest BCUT2D eigenvalue weighted by atomic mass is 10.1. The summed E-state index contributed by atoms with van der Waals surface area (Å²) in [6.45, 7) is 1.91. The number of benzene rings is 1. The summed E-state index contributed by atoms with van der Waals surface area (Å²) in [6.07, 6.45) is -1.65. The summed E-state index contributed by atoms with van der Waals surface area (Å²) in [5.74, 6) is -0.0180. The van der Waals surface area contributed by atoms with Gasteiger partial charge in [-0.15, -0.1) is 11.3 Å². The SMILES string of the molecule is Cc1nc(-c2ccccc2)c(-c2c(Cl)nc(N)nc2N[C@@H]2C[C@@H]3C(O)[C@]3(O)[C@H]2O)s1. The summed E-state index contributed by atoms with van der Waals surface area (Å²) in [5, 5.41) is 35.0. The fourth-order valence-corrected chi connectivity index (χ4v) is 5.65. The summed E-state index contributed by atoms with van der Waals surface area (Å²) in [4.78, 5) is 13.9. The highest BCUT2D eigenvalue weighted by atomic mass is 35.5. The molecule has 8 nitrogen and oxygen atoms in total. The van der Waals surface area contributed by atoms with E-state index in [2.05, 4.69) is 20.3 Å². The summed E-state index contributed by atoms with van der Waals surface area (Å²) < 4.78 is 0. The third-order valence-corrected chi connectivity index (χ3v) is 7.18. The summed E-state index contributed by atoms with van der Waals surface area (Å²) >= 11 is 7.96. The van der Waals surface area contributed by atoms with Crippen LogP contribution in [0.1, 0.15) is 11.4 Å². The second kappa shape index (κ2) is 6.86. The number of aryl methyl sites for hydroxylation is 1. The third kappa shape index (κ3) is 2.89. The van der Waals surface area contributed by atoms with E-state index in [-0.39, 0.29) is 17.0 Å². The van der Waals surface area contributed by atoms with Gasteiger partial charge in [-0.05, 0) is 13.3 Å². The Balaban J connectivity index is 1.58. The minimum absolute atomic E-state index is 0.00913. The van der Waals surface area contributed by atoms with Gasteiger partial charge in [0.1, 0.15) is 22.7 Å². The molecule has 0 aliphatic heterocycles. The number of hydrogen-bond donors (Lipinski definition) is 5. The molecule has 5 rings (SSSR count). The van der Waals surface area contributed by atoms with E-state index in [4.69, 9.17) is 17.3 Å². The largest absolute Gasteiger partial charge is 0.390 e. The molecule has 0 radical (unpaired) electrons. The zero-order chi connectivity index (χ0) is 21.2. The van der Waals surface area contributed by atoms with Gasteiger partial charge >= 0.3 is 0 Å². The van der Waals surface area contributed by atoms with E-state index in [1.165, 1.54) is 11.3 Å². The van der Waals surface area contributed by atoms with E-state index in [9.17, 15) is 15.3 Å². The van der Waals surface area contributed by atoms with Crippen LogP contribution in [-0.4, -0.2) is 54.1 Å². The zero-order valence-electron chi connectivity index (χ0n) is 16.0. The summed E-state index contributed by atoms with van der Waals surface area (Å²) in [7, 11) is 0. The first kappa shape index (κ1) is 19.7. The predicted octanol–water partition coefficient (Wildman–Crippen LogP) is 2.08. The molecular weight excluding hydrogens is 426 g/mol. The van der Waals surface area contributed by atoms with Crippen LogP contribution in [0.3, 0.4) is 0 Å². The zero-order valence-corrected chi connectivity index (χ0v) is 17.5. The van der Waals surface area contributed by atoms with Gasteiger partial charge in [-0.1, -0.05) is 41.9 Å². The van der Waals surface area contributed by atoms with Crippen molar-refractivity contribution < 1.29 is 15.3 Å². The number of nitrogens with one attached hydrogen (secondary N) is 1. The van der Waals surface area contributed by atoms with Crippen LogP contribution < -0.4 is 11.1 Å². The van der Waals surface area contributed by atoms with Gasteiger partial charge < -0.3 is 26.4 Å². The van der Waals surface area contributed by atoms with Crippen LogP contribution in [0.15, 0.2) is 30.3 Å². The highest BCUT2D eigenvalue weighted by Crippen LogP contribution is 2.56. The van der Waals surface area contributed by atoms with Gasteiger partial charge in [0.2, 0.25) is 5.95 Å².